The standard InChI is InChI=1S/C14H19FN4O2.2ClH/c15-10-1-3-11(4-2-10)18-5-7-19(8-6-18)14(21)12(16)9-13(17)20;;/h1-4,12H,5-9,16H2,(H2,17,20);2*1H. The minimum absolute atomic E-state index is 0. The molecule has 2 amide bonds. The summed E-state index contributed by atoms with van der Waals surface area (Å²) < 4.78 is 12.9. The van der Waals surface area contributed by atoms with Crippen molar-refractivity contribution in [3.05, 3.63) is 30.1 Å². The van der Waals surface area contributed by atoms with Crippen molar-refractivity contribution in [3.63, 3.8) is 0 Å². The molecule has 130 valence electrons. The van der Waals surface area contributed by atoms with Gasteiger partial charge in [-0.2, -0.15) is 0 Å². The molecule has 0 aliphatic carbocycles. The van der Waals surface area contributed by atoms with Gasteiger partial charge in [-0.3, -0.25) is 9.59 Å². The van der Waals surface area contributed by atoms with Gasteiger partial charge in [0.2, 0.25) is 11.8 Å². The fourth-order valence-electron chi connectivity index (χ4n) is 2.38. The minimum Gasteiger partial charge on any atom is -0.370 e. The molecule has 1 heterocycles. The Morgan fingerprint density at radius 2 is 1.61 bits per heavy atom. The van der Waals surface area contributed by atoms with Crippen molar-refractivity contribution in [1.29, 1.82) is 0 Å². The van der Waals surface area contributed by atoms with E-state index in [0.717, 1.165) is 5.69 Å². The Morgan fingerprint density at radius 1 is 1.09 bits per heavy atom. The topological polar surface area (TPSA) is 92.7 Å². The molecule has 1 saturated heterocycles. The highest BCUT2D eigenvalue weighted by Gasteiger charge is 2.26. The maximum atomic E-state index is 12.9. The second-order valence-corrected chi connectivity index (χ2v) is 5.07. The first-order valence-electron chi connectivity index (χ1n) is 6.80. The number of hydrogen-bond acceptors (Lipinski definition) is 4. The van der Waals surface area contributed by atoms with Gasteiger partial charge in [-0.1, -0.05) is 0 Å². The zero-order valence-corrected chi connectivity index (χ0v) is 14.1. The number of hydrogen-bond donors (Lipinski definition) is 2. The number of nitrogens with two attached hydrogens (primary N) is 2. The number of piperazine rings is 1. The monoisotopic (exact) mass is 366 g/mol. The molecule has 23 heavy (non-hydrogen) atoms. The second kappa shape index (κ2) is 9.54. The number of primary amides is 1. The Morgan fingerprint density at radius 3 is 2.09 bits per heavy atom. The molecule has 1 aliphatic rings. The first kappa shape index (κ1) is 21.4. The first-order chi connectivity index (χ1) is 9.97. The summed E-state index contributed by atoms with van der Waals surface area (Å²) in [5.74, 6) is -1.11. The van der Waals surface area contributed by atoms with Gasteiger partial charge in [0.15, 0.2) is 0 Å². The van der Waals surface area contributed by atoms with Gasteiger partial charge < -0.3 is 21.3 Å². The van der Waals surface area contributed by atoms with Crippen LogP contribution in [0.4, 0.5) is 10.1 Å². The van der Waals surface area contributed by atoms with Crippen LogP contribution in [0.25, 0.3) is 0 Å². The average molecular weight is 367 g/mol. The fourth-order valence-corrected chi connectivity index (χ4v) is 2.38. The van der Waals surface area contributed by atoms with Crippen LogP contribution in [-0.4, -0.2) is 48.9 Å². The normalized spacial score (nSPS) is 15.2. The van der Waals surface area contributed by atoms with Crippen LogP contribution in [0.2, 0.25) is 0 Å². The lowest BCUT2D eigenvalue weighted by atomic mass is 10.1. The van der Waals surface area contributed by atoms with E-state index in [-0.39, 0.29) is 43.0 Å². The van der Waals surface area contributed by atoms with Gasteiger partial charge in [0.05, 0.1) is 12.5 Å². The van der Waals surface area contributed by atoms with Gasteiger partial charge in [-0.05, 0) is 24.3 Å². The lowest BCUT2D eigenvalue weighted by Crippen LogP contribution is -2.53. The summed E-state index contributed by atoms with van der Waals surface area (Å²) in [6.45, 7) is 2.31. The summed E-state index contributed by atoms with van der Waals surface area (Å²) in [4.78, 5) is 26.5. The summed E-state index contributed by atoms with van der Waals surface area (Å²) >= 11 is 0. The number of rotatable bonds is 4. The van der Waals surface area contributed by atoms with Crippen LogP contribution in [0.3, 0.4) is 0 Å². The van der Waals surface area contributed by atoms with Gasteiger partial charge in [0, 0.05) is 31.9 Å². The molecule has 2 rings (SSSR count). The Hall–Kier alpha value is -1.57. The van der Waals surface area contributed by atoms with E-state index in [1.165, 1.54) is 12.1 Å². The van der Waals surface area contributed by atoms with Gasteiger partial charge >= 0.3 is 0 Å². The summed E-state index contributed by atoms with van der Waals surface area (Å²) in [6.07, 6.45) is -0.142. The number of anilines is 1. The van der Waals surface area contributed by atoms with Crippen molar-refractivity contribution < 1.29 is 14.0 Å². The maximum Gasteiger partial charge on any atom is 0.240 e. The lowest BCUT2D eigenvalue weighted by Gasteiger charge is -2.37. The van der Waals surface area contributed by atoms with E-state index in [1.54, 1.807) is 17.0 Å². The molecule has 9 heteroatoms. The highest BCUT2D eigenvalue weighted by Crippen LogP contribution is 2.17. The van der Waals surface area contributed by atoms with Gasteiger partial charge in [0.25, 0.3) is 0 Å². The van der Waals surface area contributed by atoms with Crippen LogP contribution in [0.1, 0.15) is 6.42 Å². The van der Waals surface area contributed by atoms with Crippen molar-refractivity contribution >= 4 is 42.3 Å². The summed E-state index contributed by atoms with van der Waals surface area (Å²) in [7, 11) is 0. The van der Waals surface area contributed by atoms with Gasteiger partial charge in [0.1, 0.15) is 5.82 Å². The number of carbonyl (C=O) groups excluding carboxylic acids is 2. The highest BCUT2D eigenvalue weighted by molar-refractivity contribution is 5.87. The smallest absolute Gasteiger partial charge is 0.240 e. The molecule has 0 saturated carbocycles. The third kappa shape index (κ3) is 5.85. The summed E-state index contributed by atoms with van der Waals surface area (Å²) in [5.41, 5.74) is 11.6. The number of benzene rings is 1. The van der Waals surface area contributed by atoms with Crippen molar-refractivity contribution in [2.75, 3.05) is 31.1 Å². The molecule has 0 bridgehead atoms. The summed E-state index contributed by atoms with van der Waals surface area (Å²) in [6, 6.07) is 5.38. The van der Waals surface area contributed by atoms with Crippen LogP contribution >= 0.6 is 24.8 Å². The van der Waals surface area contributed by atoms with Crippen LogP contribution in [-0.2, 0) is 9.59 Å². The number of amides is 2. The molecular weight excluding hydrogens is 346 g/mol. The quantitative estimate of drug-likeness (QED) is 0.812. The minimum atomic E-state index is -0.875. The molecule has 1 atom stereocenters. The van der Waals surface area contributed by atoms with Crippen LogP contribution in [0.5, 0.6) is 0 Å². The third-order valence-electron chi connectivity index (χ3n) is 3.52. The zero-order valence-electron chi connectivity index (χ0n) is 12.5. The number of halogens is 3. The van der Waals surface area contributed by atoms with E-state index < -0.39 is 11.9 Å². The van der Waals surface area contributed by atoms with E-state index in [9.17, 15) is 14.0 Å². The van der Waals surface area contributed by atoms with Crippen molar-refractivity contribution in [1.82, 2.24) is 4.90 Å². The Bertz CT molecular complexity index is 522. The molecule has 0 spiro atoms. The van der Waals surface area contributed by atoms with Crippen molar-refractivity contribution in [2.45, 2.75) is 12.5 Å². The third-order valence-corrected chi connectivity index (χ3v) is 3.52. The Kier molecular flexibility index (Phi) is 8.89. The number of nitrogens with zero attached hydrogens (tertiary/aromatic N) is 2. The van der Waals surface area contributed by atoms with Gasteiger partial charge in [-0.15, -0.1) is 24.8 Å². The van der Waals surface area contributed by atoms with Crippen molar-refractivity contribution in [2.24, 2.45) is 11.5 Å². The van der Waals surface area contributed by atoms with Crippen LogP contribution < -0.4 is 16.4 Å². The van der Waals surface area contributed by atoms with E-state index in [1.807, 2.05) is 0 Å². The van der Waals surface area contributed by atoms with E-state index in [2.05, 4.69) is 4.90 Å². The number of carbonyl (C=O) groups is 2. The molecular formula is C14H21Cl2FN4O2. The fraction of sp³-hybridized carbons (Fsp3) is 0.429. The molecule has 1 fully saturated rings. The maximum absolute atomic E-state index is 12.9. The molecule has 1 aromatic rings. The summed E-state index contributed by atoms with van der Waals surface area (Å²) in [5, 5.41) is 0. The van der Waals surface area contributed by atoms with Gasteiger partial charge in [-0.25, -0.2) is 4.39 Å². The van der Waals surface area contributed by atoms with E-state index >= 15 is 0 Å². The molecule has 4 N–H and O–H groups in total. The Balaban J connectivity index is 0.00000242. The largest absolute Gasteiger partial charge is 0.370 e. The molecule has 0 radical (unpaired) electrons. The molecule has 1 aliphatic heterocycles. The zero-order chi connectivity index (χ0) is 15.4. The predicted octanol–water partition coefficient (Wildman–Crippen LogP) is 0.521. The van der Waals surface area contributed by atoms with E-state index in [4.69, 9.17) is 11.5 Å². The first-order valence-corrected chi connectivity index (χ1v) is 6.80. The second-order valence-electron chi connectivity index (χ2n) is 5.07. The van der Waals surface area contributed by atoms with Crippen LogP contribution in [0.15, 0.2) is 24.3 Å². The molecule has 0 aromatic heterocycles. The predicted molar refractivity (Wildman–Crippen MR) is 91.5 cm³/mol. The highest BCUT2D eigenvalue weighted by atomic mass is 35.5. The van der Waals surface area contributed by atoms with Crippen molar-refractivity contribution in [3.8, 4) is 0 Å². The average Bonchev–Trinajstić information content (AvgIpc) is 2.47. The SMILES string of the molecule is Cl.Cl.NC(=O)CC(N)C(=O)N1CCN(c2ccc(F)cc2)CC1. The van der Waals surface area contributed by atoms with E-state index in [0.29, 0.717) is 26.2 Å². The Labute approximate surface area is 146 Å². The molecule has 1 unspecified atom stereocenters. The molecule has 1 aromatic carbocycles. The lowest BCUT2D eigenvalue weighted by molar-refractivity contribution is -0.134. The van der Waals surface area contributed by atoms with Crippen LogP contribution in [0, 0.1) is 5.82 Å². The molecule has 6 nitrogen and oxygen atoms in total.